The zero-order valence-electron chi connectivity index (χ0n) is 12.7. The van der Waals surface area contributed by atoms with Gasteiger partial charge in [-0.05, 0) is 35.9 Å². The number of ketones is 1. The molecular formula is C18H14BrFO3. The Balaban J connectivity index is 2.01. The molecule has 118 valence electrons. The molecule has 0 bridgehead atoms. The van der Waals surface area contributed by atoms with Crippen LogP contribution in [0.1, 0.15) is 21.5 Å². The van der Waals surface area contributed by atoms with Gasteiger partial charge in [0, 0.05) is 27.6 Å². The number of Topliss-reactive ketones (excluding diaryl/α,β-unsaturated/α-hetero) is 1. The van der Waals surface area contributed by atoms with Crippen LogP contribution in [0, 0.1) is 5.82 Å². The predicted molar refractivity (Wildman–Crippen MR) is 89.7 cm³/mol. The van der Waals surface area contributed by atoms with Gasteiger partial charge >= 0.3 is 0 Å². The molecule has 0 fully saturated rings. The Morgan fingerprint density at radius 1 is 1.13 bits per heavy atom. The first-order chi connectivity index (χ1) is 11.0. The molecule has 3 rings (SSSR count). The first kappa shape index (κ1) is 15.7. The lowest BCUT2D eigenvalue weighted by Gasteiger charge is -2.08. The van der Waals surface area contributed by atoms with E-state index in [1.165, 1.54) is 6.07 Å². The highest BCUT2D eigenvalue weighted by atomic mass is 79.9. The first-order valence-corrected chi connectivity index (χ1v) is 7.78. The van der Waals surface area contributed by atoms with Crippen molar-refractivity contribution >= 4 is 27.8 Å². The summed E-state index contributed by atoms with van der Waals surface area (Å²) in [4.78, 5) is 12.5. The molecule has 0 aliphatic heterocycles. The summed E-state index contributed by atoms with van der Waals surface area (Å²) >= 11 is 3.33. The van der Waals surface area contributed by atoms with E-state index >= 15 is 0 Å². The van der Waals surface area contributed by atoms with Crippen LogP contribution in [0.2, 0.25) is 0 Å². The first-order valence-electron chi connectivity index (χ1n) is 6.99. The number of allylic oxidation sites excluding steroid dienone is 1. The van der Waals surface area contributed by atoms with Gasteiger partial charge < -0.3 is 9.47 Å². The summed E-state index contributed by atoms with van der Waals surface area (Å²) in [6.07, 6.45) is 2.05. The van der Waals surface area contributed by atoms with Crippen molar-refractivity contribution in [3.8, 4) is 11.5 Å². The minimum absolute atomic E-state index is 0.152. The van der Waals surface area contributed by atoms with E-state index in [2.05, 4.69) is 15.9 Å². The third kappa shape index (κ3) is 2.77. The van der Waals surface area contributed by atoms with Gasteiger partial charge in [0.2, 0.25) is 0 Å². The molecule has 0 saturated carbocycles. The maximum absolute atomic E-state index is 13.9. The molecule has 0 spiro atoms. The number of hydrogen-bond acceptors (Lipinski definition) is 3. The lowest BCUT2D eigenvalue weighted by atomic mass is 10.1. The summed E-state index contributed by atoms with van der Waals surface area (Å²) in [5.41, 5.74) is 2.21. The standard InChI is InChI=1S/C18H14BrFO3/c1-22-15-6-3-10(8-16(15)23-2)7-11-9-12-14(20)5-4-13(19)17(12)18(11)21/h3-8H,9H2,1-2H3/b11-7+. The lowest BCUT2D eigenvalue weighted by molar-refractivity contribution is 0.104. The molecule has 0 saturated heterocycles. The van der Waals surface area contributed by atoms with Gasteiger partial charge in [-0.3, -0.25) is 4.79 Å². The van der Waals surface area contributed by atoms with Gasteiger partial charge in [-0.1, -0.05) is 22.0 Å². The summed E-state index contributed by atoms with van der Waals surface area (Å²) in [7, 11) is 3.12. The Bertz CT molecular complexity index is 827. The van der Waals surface area contributed by atoms with Crippen molar-refractivity contribution < 1.29 is 18.7 Å². The van der Waals surface area contributed by atoms with Gasteiger partial charge in [-0.2, -0.15) is 0 Å². The highest BCUT2D eigenvalue weighted by Gasteiger charge is 2.29. The van der Waals surface area contributed by atoms with Crippen LogP contribution in [0.15, 0.2) is 40.4 Å². The van der Waals surface area contributed by atoms with Crippen LogP contribution in [0.5, 0.6) is 11.5 Å². The largest absolute Gasteiger partial charge is 0.493 e. The van der Waals surface area contributed by atoms with Crippen molar-refractivity contribution in [1.82, 2.24) is 0 Å². The number of fused-ring (bicyclic) bond motifs is 1. The van der Waals surface area contributed by atoms with E-state index in [4.69, 9.17) is 9.47 Å². The molecule has 0 atom stereocenters. The molecule has 0 N–H and O–H groups in total. The number of rotatable bonds is 3. The Hall–Kier alpha value is -2.14. The zero-order valence-corrected chi connectivity index (χ0v) is 14.2. The molecule has 0 radical (unpaired) electrons. The molecule has 1 aliphatic carbocycles. The van der Waals surface area contributed by atoms with Gasteiger partial charge in [0.1, 0.15) is 5.82 Å². The topological polar surface area (TPSA) is 35.5 Å². The second-order valence-electron chi connectivity index (χ2n) is 5.17. The SMILES string of the molecule is COc1ccc(/C=C2\Cc3c(F)ccc(Br)c3C2=O)cc1OC. The van der Waals surface area contributed by atoms with Crippen LogP contribution in [-0.2, 0) is 6.42 Å². The Labute approximate surface area is 141 Å². The zero-order chi connectivity index (χ0) is 16.6. The normalized spacial score (nSPS) is 15.0. The van der Waals surface area contributed by atoms with Crippen molar-refractivity contribution in [2.75, 3.05) is 14.2 Å². The number of ether oxygens (including phenoxy) is 2. The number of halogens is 2. The van der Waals surface area contributed by atoms with E-state index in [0.717, 1.165) is 5.56 Å². The molecule has 0 amide bonds. The monoisotopic (exact) mass is 376 g/mol. The number of benzene rings is 2. The van der Waals surface area contributed by atoms with E-state index < -0.39 is 0 Å². The number of methoxy groups -OCH3 is 2. The molecular weight excluding hydrogens is 363 g/mol. The number of carbonyl (C=O) groups is 1. The van der Waals surface area contributed by atoms with E-state index in [-0.39, 0.29) is 18.0 Å². The van der Waals surface area contributed by atoms with Crippen molar-refractivity contribution in [1.29, 1.82) is 0 Å². The highest BCUT2D eigenvalue weighted by molar-refractivity contribution is 9.10. The minimum Gasteiger partial charge on any atom is -0.493 e. The third-order valence-corrected chi connectivity index (χ3v) is 4.50. The average molecular weight is 377 g/mol. The van der Waals surface area contributed by atoms with E-state index in [1.807, 2.05) is 6.07 Å². The van der Waals surface area contributed by atoms with Gasteiger partial charge in [0.25, 0.3) is 0 Å². The lowest BCUT2D eigenvalue weighted by Crippen LogP contribution is -1.97. The van der Waals surface area contributed by atoms with Crippen LogP contribution in [0.4, 0.5) is 4.39 Å². The molecule has 0 heterocycles. The second kappa shape index (κ2) is 6.16. The maximum Gasteiger partial charge on any atom is 0.190 e. The minimum atomic E-state index is -0.354. The predicted octanol–water partition coefficient (Wildman–Crippen LogP) is 4.43. The summed E-state index contributed by atoms with van der Waals surface area (Å²) in [5, 5.41) is 0. The van der Waals surface area contributed by atoms with Crippen molar-refractivity contribution in [2.45, 2.75) is 6.42 Å². The van der Waals surface area contributed by atoms with Crippen molar-refractivity contribution in [2.24, 2.45) is 0 Å². The van der Waals surface area contributed by atoms with Gasteiger partial charge in [0.05, 0.1) is 14.2 Å². The molecule has 5 heteroatoms. The molecule has 2 aromatic rings. The Kier molecular flexibility index (Phi) is 4.22. The Morgan fingerprint density at radius 3 is 2.52 bits per heavy atom. The molecule has 1 aliphatic rings. The Morgan fingerprint density at radius 2 is 1.87 bits per heavy atom. The second-order valence-corrected chi connectivity index (χ2v) is 6.03. The van der Waals surface area contributed by atoms with E-state index in [9.17, 15) is 9.18 Å². The summed E-state index contributed by atoms with van der Waals surface area (Å²) in [6, 6.07) is 8.32. The smallest absolute Gasteiger partial charge is 0.190 e. The fourth-order valence-electron chi connectivity index (χ4n) is 2.70. The van der Waals surface area contributed by atoms with Gasteiger partial charge in [-0.25, -0.2) is 4.39 Å². The van der Waals surface area contributed by atoms with Crippen molar-refractivity contribution in [3.05, 3.63) is 62.9 Å². The van der Waals surface area contributed by atoms with Crippen molar-refractivity contribution in [3.63, 3.8) is 0 Å². The summed E-state index contributed by atoms with van der Waals surface area (Å²) in [5.74, 6) is 0.690. The van der Waals surface area contributed by atoms with Crippen LogP contribution >= 0.6 is 15.9 Å². The number of hydrogen-bond donors (Lipinski definition) is 0. The van der Waals surface area contributed by atoms with Gasteiger partial charge in [0.15, 0.2) is 17.3 Å². The summed E-state index contributed by atoms with van der Waals surface area (Å²) < 4.78 is 25.0. The van der Waals surface area contributed by atoms with E-state index in [1.54, 1.807) is 38.5 Å². The highest BCUT2D eigenvalue weighted by Crippen LogP contribution is 2.35. The van der Waals surface area contributed by atoms with Gasteiger partial charge in [-0.15, -0.1) is 0 Å². The maximum atomic E-state index is 13.9. The fraction of sp³-hybridized carbons (Fsp3) is 0.167. The molecule has 0 unspecified atom stereocenters. The summed E-state index contributed by atoms with van der Waals surface area (Å²) in [6.45, 7) is 0. The van der Waals surface area contributed by atoms with E-state index in [0.29, 0.717) is 32.7 Å². The average Bonchev–Trinajstić information content (AvgIpc) is 2.89. The van der Waals surface area contributed by atoms with Crippen LogP contribution < -0.4 is 9.47 Å². The van der Waals surface area contributed by atoms with Crippen LogP contribution in [0.25, 0.3) is 6.08 Å². The van der Waals surface area contributed by atoms with Crippen LogP contribution in [-0.4, -0.2) is 20.0 Å². The molecule has 3 nitrogen and oxygen atoms in total. The molecule has 2 aromatic carbocycles. The quantitative estimate of drug-likeness (QED) is 0.743. The fourth-order valence-corrected chi connectivity index (χ4v) is 3.26. The molecule has 23 heavy (non-hydrogen) atoms. The third-order valence-electron chi connectivity index (χ3n) is 3.84. The van der Waals surface area contributed by atoms with Crippen LogP contribution in [0.3, 0.4) is 0 Å². The molecule has 0 aromatic heterocycles. The number of carbonyl (C=O) groups excluding carboxylic acids is 1.